The predicted molar refractivity (Wildman–Crippen MR) is 118 cm³/mol. The normalized spacial score (nSPS) is 14.5. The van der Waals surface area contributed by atoms with Crippen LogP contribution in [0, 0.1) is 5.92 Å². The van der Waals surface area contributed by atoms with Crippen molar-refractivity contribution in [3.05, 3.63) is 54.0 Å². The summed E-state index contributed by atoms with van der Waals surface area (Å²) in [6, 6.07) is 11.7. The van der Waals surface area contributed by atoms with E-state index in [0.717, 1.165) is 29.8 Å². The van der Waals surface area contributed by atoms with Crippen LogP contribution in [0.1, 0.15) is 61.8 Å². The predicted octanol–water partition coefficient (Wildman–Crippen LogP) is 4.85. The van der Waals surface area contributed by atoms with Gasteiger partial charge in [-0.25, -0.2) is 9.97 Å². The Bertz CT molecular complexity index is 1020. The Hall–Kier alpha value is -2.89. The topological polar surface area (TPSA) is 60.2 Å². The molecule has 1 aliphatic carbocycles. The summed E-state index contributed by atoms with van der Waals surface area (Å²) in [6.45, 7) is 5.40. The third-order valence-corrected chi connectivity index (χ3v) is 5.73. The second-order valence-corrected chi connectivity index (χ2v) is 8.49. The largest absolute Gasteiger partial charge is 0.497 e. The van der Waals surface area contributed by atoms with Crippen molar-refractivity contribution in [1.29, 1.82) is 0 Å². The second kappa shape index (κ2) is 8.86. The molecule has 30 heavy (non-hydrogen) atoms. The molecule has 6 nitrogen and oxygen atoms in total. The quantitative estimate of drug-likeness (QED) is 0.563. The number of carbonyl (C=O) groups excluding carboxylic acids is 1. The summed E-state index contributed by atoms with van der Waals surface area (Å²) in [5, 5.41) is 0. The van der Waals surface area contributed by atoms with Crippen LogP contribution in [0.15, 0.2) is 42.6 Å². The highest BCUT2D eigenvalue weighted by molar-refractivity contribution is 5.94. The number of pyridine rings is 1. The van der Waals surface area contributed by atoms with Crippen LogP contribution in [0.25, 0.3) is 11.2 Å². The molecule has 0 N–H and O–H groups in total. The molecule has 1 aromatic carbocycles. The average molecular weight is 407 g/mol. The van der Waals surface area contributed by atoms with Gasteiger partial charge in [-0.15, -0.1) is 0 Å². The maximum Gasteiger partial charge on any atom is 0.254 e. The minimum atomic E-state index is 0.000544. The highest BCUT2D eigenvalue weighted by atomic mass is 16.5. The molecule has 1 amide bonds. The van der Waals surface area contributed by atoms with E-state index in [-0.39, 0.29) is 5.91 Å². The number of amides is 1. The zero-order chi connectivity index (χ0) is 21.1. The summed E-state index contributed by atoms with van der Waals surface area (Å²) in [6.07, 6.45) is 6.57. The van der Waals surface area contributed by atoms with Crippen LogP contribution in [0.3, 0.4) is 0 Å². The number of carbonyl (C=O) groups is 1. The first-order valence-electron chi connectivity index (χ1n) is 10.8. The molecule has 1 aliphatic rings. The van der Waals surface area contributed by atoms with Crippen LogP contribution in [0.4, 0.5) is 0 Å². The van der Waals surface area contributed by atoms with E-state index in [9.17, 15) is 4.79 Å². The highest BCUT2D eigenvalue weighted by Gasteiger charge is 2.26. The van der Waals surface area contributed by atoms with Crippen LogP contribution in [0.5, 0.6) is 5.75 Å². The number of nitrogens with zero attached hydrogens (tertiary/aromatic N) is 4. The molecule has 158 valence electrons. The summed E-state index contributed by atoms with van der Waals surface area (Å²) >= 11 is 0. The minimum absolute atomic E-state index is 0.000544. The van der Waals surface area contributed by atoms with Gasteiger partial charge in [0.05, 0.1) is 13.7 Å². The molecule has 0 atom stereocenters. The molecule has 3 aromatic rings. The van der Waals surface area contributed by atoms with Crippen molar-refractivity contribution in [3.63, 3.8) is 0 Å². The zero-order valence-corrected chi connectivity index (χ0v) is 18.0. The molecular formula is C24H30N4O2. The fraction of sp³-hybridized carbons (Fsp3) is 0.458. The molecule has 2 aromatic heterocycles. The molecule has 2 heterocycles. The lowest BCUT2D eigenvalue weighted by molar-refractivity contribution is 0.0715. The van der Waals surface area contributed by atoms with Gasteiger partial charge in [-0.05, 0) is 49.1 Å². The summed E-state index contributed by atoms with van der Waals surface area (Å²) in [4.78, 5) is 24.8. The Morgan fingerprint density at radius 1 is 1.23 bits per heavy atom. The van der Waals surface area contributed by atoms with Crippen LogP contribution >= 0.6 is 0 Å². The minimum Gasteiger partial charge on any atom is -0.497 e. The van der Waals surface area contributed by atoms with Gasteiger partial charge in [0, 0.05) is 24.3 Å². The number of hydrogen-bond donors (Lipinski definition) is 0. The monoisotopic (exact) mass is 406 g/mol. The van der Waals surface area contributed by atoms with Gasteiger partial charge >= 0.3 is 0 Å². The van der Waals surface area contributed by atoms with Crippen LogP contribution in [0.2, 0.25) is 0 Å². The van der Waals surface area contributed by atoms with Crippen molar-refractivity contribution in [2.45, 2.75) is 52.1 Å². The maximum atomic E-state index is 13.4. The smallest absolute Gasteiger partial charge is 0.254 e. The Balaban J connectivity index is 1.70. The van der Waals surface area contributed by atoms with E-state index in [0.29, 0.717) is 36.4 Å². The molecular weight excluding hydrogens is 376 g/mol. The molecule has 0 aliphatic heterocycles. The van der Waals surface area contributed by atoms with Crippen molar-refractivity contribution < 1.29 is 9.53 Å². The van der Waals surface area contributed by atoms with Gasteiger partial charge < -0.3 is 14.2 Å². The van der Waals surface area contributed by atoms with Crippen LogP contribution < -0.4 is 4.74 Å². The summed E-state index contributed by atoms with van der Waals surface area (Å²) < 4.78 is 7.60. The first kappa shape index (κ1) is 20.4. The van der Waals surface area contributed by atoms with Gasteiger partial charge in [0.1, 0.15) is 17.1 Å². The lowest BCUT2D eigenvalue weighted by atomic mass is 10.1. The van der Waals surface area contributed by atoms with Crippen LogP contribution in [-0.4, -0.2) is 39.0 Å². The molecule has 1 fully saturated rings. The Kier molecular flexibility index (Phi) is 6.02. The van der Waals surface area contributed by atoms with Gasteiger partial charge in [-0.2, -0.15) is 0 Å². The average Bonchev–Trinajstić information content (AvgIpc) is 3.39. The molecule has 0 radical (unpaired) electrons. The van der Waals surface area contributed by atoms with Gasteiger partial charge in [0.15, 0.2) is 5.65 Å². The fourth-order valence-corrected chi connectivity index (χ4v) is 4.40. The zero-order valence-electron chi connectivity index (χ0n) is 18.0. The SMILES string of the molecule is COc1cccc(C(=O)N(Cc2nc3cccnc3n2C2CCCC2)CC(C)C)c1. The van der Waals surface area contributed by atoms with E-state index >= 15 is 0 Å². The number of hydrogen-bond acceptors (Lipinski definition) is 4. The third-order valence-electron chi connectivity index (χ3n) is 5.73. The number of rotatable bonds is 7. The van der Waals surface area contributed by atoms with E-state index in [1.54, 1.807) is 13.2 Å². The molecule has 0 spiro atoms. The van der Waals surface area contributed by atoms with Gasteiger partial charge in [-0.3, -0.25) is 4.79 Å². The van der Waals surface area contributed by atoms with Gasteiger partial charge in [0.2, 0.25) is 0 Å². The fourth-order valence-electron chi connectivity index (χ4n) is 4.40. The maximum absolute atomic E-state index is 13.4. The van der Waals surface area contributed by atoms with Gasteiger partial charge in [-0.1, -0.05) is 32.8 Å². The van der Waals surface area contributed by atoms with Crippen LogP contribution in [-0.2, 0) is 6.54 Å². The molecule has 6 heteroatoms. The first-order valence-corrected chi connectivity index (χ1v) is 10.8. The number of methoxy groups -OCH3 is 1. The Morgan fingerprint density at radius 2 is 2.03 bits per heavy atom. The Morgan fingerprint density at radius 3 is 2.77 bits per heavy atom. The van der Waals surface area contributed by atoms with Crippen molar-refractivity contribution in [1.82, 2.24) is 19.4 Å². The second-order valence-electron chi connectivity index (χ2n) is 8.49. The molecule has 0 saturated heterocycles. The summed E-state index contributed by atoms with van der Waals surface area (Å²) in [5.41, 5.74) is 2.46. The number of aromatic nitrogens is 3. The summed E-state index contributed by atoms with van der Waals surface area (Å²) in [5.74, 6) is 1.96. The van der Waals surface area contributed by atoms with Crippen molar-refractivity contribution in [2.24, 2.45) is 5.92 Å². The summed E-state index contributed by atoms with van der Waals surface area (Å²) in [7, 11) is 1.62. The Labute approximate surface area is 177 Å². The molecule has 1 saturated carbocycles. The van der Waals surface area contributed by atoms with E-state index in [4.69, 9.17) is 9.72 Å². The van der Waals surface area contributed by atoms with E-state index in [1.165, 1.54) is 12.8 Å². The molecule has 0 unspecified atom stereocenters. The highest BCUT2D eigenvalue weighted by Crippen LogP contribution is 2.33. The van der Waals surface area contributed by atoms with Crippen molar-refractivity contribution in [2.75, 3.05) is 13.7 Å². The third kappa shape index (κ3) is 4.18. The molecule has 4 rings (SSSR count). The first-order chi connectivity index (χ1) is 14.6. The number of ether oxygens (including phenoxy) is 1. The van der Waals surface area contributed by atoms with Gasteiger partial charge in [0.25, 0.3) is 5.91 Å². The number of benzene rings is 1. The lowest BCUT2D eigenvalue weighted by Crippen LogP contribution is -2.35. The standard InChI is InChI=1S/C24H30N4O2/c1-17(2)15-27(24(29)18-8-6-11-20(14-18)30-3)16-22-26-21-12-7-13-25-23(21)28(22)19-9-4-5-10-19/h6-8,11-14,17,19H,4-5,9-10,15-16H2,1-3H3. The number of fused-ring (bicyclic) bond motifs is 1. The van der Waals surface area contributed by atoms with E-state index in [2.05, 4.69) is 23.4 Å². The molecule has 0 bridgehead atoms. The lowest BCUT2D eigenvalue weighted by Gasteiger charge is -2.26. The van der Waals surface area contributed by atoms with Crippen molar-refractivity contribution >= 4 is 17.1 Å². The van der Waals surface area contributed by atoms with Crippen molar-refractivity contribution in [3.8, 4) is 5.75 Å². The number of imidazole rings is 1. The van der Waals surface area contributed by atoms with E-state index < -0.39 is 0 Å². The van der Waals surface area contributed by atoms with E-state index in [1.807, 2.05) is 41.4 Å².